The molecule has 3 amide bonds. The number of imide groups is 1. The number of aliphatic hydroxyl groups excluding tert-OH is 1. The number of hydrogen-bond donors (Lipinski definition) is 1. The highest BCUT2D eigenvalue weighted by Crippen LogP contribution is 2.28. The standard InChI is InChI=1S/C12H20N2O3/c1-13-8-11(16)14(12(13)17)7-10(15)6-9-4-2-3-5-9/h9-10,15H,2-8H2,1H3. The first kappa shape index (κ1) is 12.4. The fraction of sp³-hybridized carbons (Fsp3) is 0.833. The number of hydrogen-bond acceptors (Lipinski definition) is 3. The summed E-state index contributed by atoms with van der Waals surface area (Å²) in [6.07, 6.45) is 4.94. The van der Waals surface area contributed by atoms with E-state index in [2.05, 4.69) is 0 Å². The highest BCUT2D eigenvalue weighted by atomic mass is 16.3. The van der Waals surface area contributed by atoms with Crippen molar-refractivity contribution in [1.29, 1.82) is 0 Å². The lowest BCUT2D eigenvalue weighted by Gasteiger charge is -2.20. The van der Waals surface area contributed by atoms with Crippen molar-refractivity contribution in [2.45, 2.75) is 38.2 Å². The zero-order chi connectivity index (χ0) is 12.4. The maximum absolute atomic E-state index is 11.6. The van der Waals surface area contributed by atoms with E-state index in [4.69, 9.17) is 0 Å². The van der Waals surface area contributed by atoms with Gasteiger partial charge in [-0.2, -0.15) is 0 Å². The van der Waals surface area contributed by atoms with Gasteiger partial charge in [-0.1, -0.05) is 25.7 Å². The summed E-state index contributed by atoms with van der Waals surface area (Å²) in [5.74, 6) is 0.360. The molecule has 5 heteroatoms. The number of carbonyl (C=O) groups is 2. The molecule has 1 saturated heterocycles. The molecule has 0 bridgehead atoms. The molecule has 5 nitrogen and oxygen atoms in total. The molecule has 1 aliphatic carbocycles. The second-order valence-electron chi connectivity index (χ2n) is 5.18. The zero-order valence-electron chi connectivity index (χ0n) is 10.3. The van der Waals surface area contributed by atoms with Crippen LogP contribution in [0, 0.1) is 5.92 Å². The molecule has 1 N–H and O–H groups in total. The van der Waals surface area contributed by atoms with Gasteiger partial charge in [-0.15, -0.1) is 0 Å². The van der Waals surface area contributed by atoms with Crippen molar-refractivity contribution in [1.82, 2.24) is 9.80 Å². The third-order valence-corrected chi connectivity index (χ3v) is 3.70. The van der Waals surface area contributed by atoms with Crippen LogP contribution in [0.4, 0.5) is 4.79 Å². The molecule has 1 saturated carbocycles. The molecule has 96 valence electrons. The number of urea groups is 1. The Labute approximate surface area is 101 Å². The first-order valence-electron chi connectivity index (χ1n) is 6.31. The highest BCUT2D eigenvalue weighted by molar-refractivity contribution is 6.01. The predicted molar refractivity (Wildman–Crippen MR) is 62.3 cm³/mol. The third kappa shape index (κ3) is 2.77. The lowest BCUT2D eigenvalue weighted by molar-refractivity contribution is -0.126. The number of carbonyl (C=O) groups excluding carboxylic acids is 2. The van der Waals surface area contributed by atoms with Crippen LogP contribution in [0.25, 0.3) is 0 Å². The smallest absolute Gasteiger partial charge is 0.327 e. The van der Waals surface area contributed by atoms with E-state index < -0.39 is 6.10 Å². The summed E-state index contributed by atoms with van der Waals surface area (Å²) in [7, 11) is 1.60. The number of β-amino-alcohol motifs (C(OH)–C–C–N with tert-alkyl or cyclic N) is 1. The van der Waals surface area contributed by atoms with E-state index in [0.717, 1.165) is 0 Å². The molecule has 0 radical (unpaired) electrons. The van der Waals surface area contributed by atoms with Gasteiger partial charge in [0.25, 0.3) is 0 Å². The van der Waals surface area contributed by atoms with Gasteiger partial charge in [-0.25, -0.2) is 4.79 Å². The molecule has 2 fully saturated rings. The molecule has 0 aromatic rings. The Morgan fingerprint density at radius 2 is 2.00 bits per heavy atom. The Morgan fingerprint density at radius 3 is 2.53 bits per heavy atom. The molecular weight excluding hydrogens is 220 g/mol. The molecule has 0 aromatic carbocycles. The second-order valence-corrected chi connectivity index (χ2v) is 5.18. The van der Waals surface area contributed by atoms with Crippen LogP contribution in [0.1, 0.15) is 32.1 Å². The van der Waals surface area contributed by atoms with Gasteiger partial charge in [0.1, 0.15) is 6.54 Å². The molecular formula is C12H20N2O3. The van der Waals surface area contributed by atoms with Crippen molar-refractivity contribution in [3.8, 4) is 0 Å². The monoisotopic (exact) mass is 240 g/mol. The minimum atomic E-state index is -0.572. The number of likely N-dealkylation sites (N-methyl/N-ethyl adjacent to an activating group) is 1. The van der Waals surface area contributed by atoms with Crippen LogP contribution in [0.5, 0.6) is 0 Å². The summed E-state index contributed by atoms with van der Waals surface area (Å²) in [4.78, 5) is 25.7. The number of amides is 3. The van der Waals surface area contributed by atoms with Crippen LogP contribution >= 0.6 is 0 Å². The van der Waals surface area contributed by atoms with Crippen LogP contribution in [0.15, 0.2) is 0 Å². The summed E-state index contributed by atoms with van der Waals surface area (Å²) in [5, 5.41) is 9.93. The van der Waals surface area contributed by atoms with Crippen molar-refractivity contribution in [2.75, 3.05) is 20.1 Å². The summed E-state index contributed by atoms with van der Waals surface area (Å²) in [5.41, 5.74) is 0. The molecule has 1 heterocycles. The fourth-order valence-electron chi connectivity index (χ4n) is 2.76. The molecule has 1 unspecified atom stereocenters. The van der Waals surface area contributed by atoms with Gasteiger partial charge >= 0.3 is 6.03 Å². The van der Waals surface area contributed by atoms with E-state index in [0.29, 0.717) is 12.3 Å². The van der Waals surface area contributed by atoms with Gasteiger partial charge in [0, 0.05) is 7.05 Å². The van der Waals surface area contributed by atoms with E-state index in [-0.39, 0.29) is 25.0 Å². The van der Waals surface area contributed by atoms with Crippen molar-refractivity contribution in [3.63, 3.8) is 0 Å². The maximum atomic E-state index is 11.6. The number of aliphatic hydroxyl groups is 1. The molecule has 0 spiro atoms. The van der Waals surface area contributed by atoms with E-state index in [1.54, 1.807) is 7.05 Å². The van der Waals surface area contributed by atoms with Gasteiger partial charge in [-0.05, 0) is 12.3 Å². The molecule has 2 aliphatic rings. The minimum absolute atomic E-state index is 0.134. The van der Waals surface area contributed by atoms with E-state index in [1.807, 2.05) is 0 Å². The largest absolute Gasteiger partial charge is 0.391 e. The minimum Gasteiger partial charge on any atom is -0.391 e. The molecule has 17 heavy (non-hydrogen) atoms. The predicted octanol–water partition coefficient (Wildman–Crippen LogP) is 0.822. The fourth-order valence-corrected chi connectivity index (χ4v) is 2.76. The van der Waals surface area contributed by atoms with Crippen LogP contribution in [0.3, 0.4) is 0 Å². The Hall–Kier alpha value is -1.10. The van der Waals surface area contributed by atoms with E-state index >= 15 is 0 Å². The van der Waals surface area contributed by atoms with Crippen molar-refractivity contribution in [2.24, 2.45) is 5.92 Å². The van der Waals surface area contributed by atoms with Crippen LogP contribution in [-0.2, 0) is 4.79 Å². The van der Waals surface area contributed by atoms with Gasteiger partial charge in [0.2, 0.25) is 5.91 Å². The van der Waals surface area contributed by atoms with Gasteiger partial charge in [0.15, 0.2) is 0 Å². The molecule has 1 aliphatic heterocycles. The van der Waals surface area contributed by atoms with Gasteiger partial charge < -0.3 is 10.0 Å². The highest BCUT2D eigenvalue weighted by Gasteiger charge is 2.35. The zero-order valence-corrected chi connectivity index (χ0v) is 10.3. The molecule has 1 atom stereocenters. The van der Waals surface area contributed by atoms with E-state index in [9.17, 15) is 14.7 Å². The maximum Gasteiger partial charge on any atom is 0.327 e. The van der Waals surface area contributed by atoms with Crippen molar-refractivity contribution in [3.05, 3.63) is 0 Å². The number of rotatable bonds is 4. The van der Waals surface area contributed by atoms with Crippen LogP contribution in [-0.4, -0.2) is 53.1 Å². The first-order chi connectivity index (χ1) is 8.08. The van der Waals surface area contributed by atoms with Crippen LogP contribution < -0.4 is 0 Å². The van der Waals surface area contributed by atoms with Gasteiger partial charge in [0.05, 0.1) is 12.6 Å². The normalized spacial score (nSPS) is 23.9. The van der Waals surface area contributed by atoms with E-state index in [1.165, 1.54) is 35.5 Å². The van der Waals surface area contributed by atoms with Crippen molar-refractivity contribution >= 4 is 11.9 Å². The lowest BCUT2D eigenvalue weighted by atomic mass is 10.00. The van der Waals surface area contributed by atoms with Gasteiger partial charge in [-0.3, -0.25) is 9.69 Å². The Kier molecular flexibility index (Phi) is 3.66. The number of nitrogens with zero attached hydrogens (tertiary/aromatic N) is 2. The summed E-state index contributed by atoms with van der Waals surface area (Å²) in [6.45, 7) is 0.285. The lowest BCUT2D eigenvalue weighted by Crippen LogP contribution is -2.38. The Balaban J connectivity index is 1.83. The average molecular weight is 240 g/mol. The summed E-state index contributed by atoms with van der Waals surface area (Å²) in [6, 6.07) is -0.291. The second kappa shape index (κ2) is 5.04. The molecule has 2 rings (SSSR count). The molecule has 0 aromatic heterocycles. The quantitative estimate of drug-likeness (QED) is 0.740. The summed E-state index contributed by atoms with van der Waals surface area (Å²) >= 11 is 0. The third-order valence-electron chi connectivity index (χ3n) is 3.70. The van der Waals surface area contributed by atoms with Crippen molar-refractivity contribution < 1.29 is 14.7 Å². The van der Waals surface area contributed by atoms with Crippen LogP contribution in [0.2, 0.25) is 0 Å². The topological polar surface area (TPSA) is 60.9 Å². The SMILES string of the molecule is CN1CC(=O)N(CC(O)CC2CCCC2)C1=O. The Bertz CT molecular complexity index is 313. The Morgan fingerprint density at radius 1 is 1.35 bits per heavy atom. The summed E-state index contributed by atoms with van der Waals surface area (Å²) < 4.78 is 0. The average Bonchev–Trinajstić information content (AvgIpc) is 2.83. The first-order valence-corrected chi connectivity index (χ1v) is 6.31.